The molecule has 1 aliphatic rings. The van der Waals surface area contributed by atoms with Crippen molar-refractivity contribution in [2.45, 2.75) is 25.4 Å². The Morgan fingerprint density at radius 3 is 2.88 bits per heavy atom. The van der Waals surface area contributed by atoms with Gasteiger partial charge in [0.05, 0.1) is 13.7 Å². The van der Waals surface area contributed by atoms with Gasteiger partial charge in [-0.2, -0.15) is 4.68 Å². The van der Waals surface area contributed by atoms with Crippen LogP contribution in [0.15, 0.2) is 30.3 Å². The van der Waals surface area contributed by atoms with Gasteiger partial charge in [0.1, 0.15) is 6.54 Å². The largest absolute Gasteiger partial charge is 0.468 e. The van der Waals surface area contributed by atoms with Crippen molar-refractivity contribution in [2.75, 3.05) is 26.0 Å². The molecule has 1 saturated heterocycles. The first-order chi connectivity index (χ1) is 12.1. The van der Waals surface area contributed by atoms with Crippen LogP contribution in [-0.4, -0.2) is 51.5 Å². The van der Waals surface area contributed by atoms with E-state index in [0.29, 0.717) is 6.67 Å². The number of hydrogen-bond acceptors (Lipinski definition) is 5. The topological polar surface area (TPSA) is 53.5 Å². The summed E-state index contributed by atoms with van der Waals surface area (Å²) in [7, 11) is 1.45. The maximum Gasteiger partial charge on any atom is 0.324 e. The van der Waals surface area contributed by atoms with E-state index in [4.69, 9.17) is 22.1 Å². The number of aromatic nitrogens is 3. The van der Waals surface area contributed by atoms with Gasteiger partial charge < -0.3 is 14.2 Å². The predicted molar refractivity (Wildman–Crippen MR) is 101 cm³/mol. The molecule has 0 aliphatic carbocycles. The lowest BCUT2D eigenvalue weighted by Gasteiger charge is -2.27. The SMILES string of the molecule is CCn1c(-c2ccccc2)nn(C[NH+]2CCS[C@@H](C(=O)OC)C2)c1=S. The zero-order valence-corrected chi connectivity index (χ0v) is 16.1. The van der Waals surface area contributed by atoms with Crippen LogP contribution in [0.25, 0.3) is 11.4 Å². The van der Waals surface area contributed by atoms with Gasteiger partial charge in [0.15, 0.2) is 17.7 Å². The Bertz CT molecular complexity index is 788. The number of carbonyl (C=O) groups excluding carboxylic acids is 1. The summed E-state index contributed by atoms with van der Waals surface area (Å²) < 4.78 is 9.56. The molecular weight excluding hydrogens is 356 g/mol. The van der Waals surface area contributed by atoms with Gasteiger partial charge in [-0.05, 0) is 19.1 Å². The number of methoxy groups -OCH3 is 1. The fourth-order valence-corrected chi connectivity index (χ4v) is 4.63. The Morgan fingerprint density at radius 2 is 2.20 bits per heavy atom. The minimum absolute atomic E-state index is 0.107. The lowest BCUT2D eigenvalue weighted by Crippen LogP contribution is -3.14. The average molecular weight is 380 g/mol. The molecule has 1 aliphatic heterocycles. The molecule has 25 heavy (non-hydrogen) atoms. The highest BCUT2D eigenvalue weighted by Crippen LogP contribution is 2.18. The van der Waals surface area contributed by atoms with E-state index in [1.807, 2.05) is 35.0 Å². The normalized spacial score (nSPS) is 20.4. The summed E-state index contributed by atoms with van der Waals surface area (Å²) in [5, 5.41) is 4.66. The second-order valence-corrected chi connectivity index (χ2v) is 7.64. The first-order valence-electron chi connectivity index (χ1n) is 8.40. The van der Waals surface area contributed by atoms with Crippen LogP contribution < -0.4 is 4.90 Å². The second-order valence-electron chi connectivity index (χ2n) is 5.96. The third kappa shape index (κ3) is 3.96. The molecule has 2 aromatic rings. The lowest BCUT2D eigenvalue weighted by atomic mass is 10.2. The van der Waals surface area contributed by atoms with Crippen LogP contribution in [-0.2, 0) is 22.7 Å². The minimum Gasteiger partial charge on any atom is -0.468 e. The van der Waals surface area contributed by atoms with Crippen molar-refractivity contribution in [1.82, 2.24) is 14.3 Å². The molecule has 8 heteroatoms. The van der Waals surface area contributed by atoms with Crippen molar-refractivity contribution < 1.29 is 14.4 Å². The van der Waals surface area contributed by atoms with Crippen LogP contribution in [0.5, 0.6) is 0 Å². The number of ether oxygens (including phenoxy) is 1. The summed E-state index contributed by atoms with van der Waals surface area (Å²) >= 11 is 7.31. The first kappa shape index (κ1) is 18.2. The molecule has 0 spiro atoms. The number of rotatable bonds is 5. The Balaban J connectivity index is 1.82. The van der Waals surface area contributed by atoms with Crippen molar-refractivity contribution in [2.24, 2.45) is 0 Å². The highest BCUT2D eigenvalue weighted by molar-refractivity contribution is 8.00. The molecular formula is C17H23N4O2S2+. The molecule has 3 rings (SSSR count). The number of nitrogens with zero attached hydrogens (tertiary/aromatic N) is 3. The van der Waals surface area contributed by atoms with E-state index in [2.05, 4.69) is 11.5 Å². The highest BCUT2D eigenvalue weighted by Gasteiger charge is 2.30. The molecule has 0 amide bonds. The third-order valence-electron chi connectivity index (χ3n) is 4.36. The number of quaternary nitrogens is 1. The Morgan fingerprint density at radius 1 is 1.44 bits per heavy atom. The fraction of sp³-hybridized carbons (Fsp3) is 0.471. The standard InChI is InChI=1S/C17H22N4O2S2/c1-3-20-15(13-7-5-4-6-8-13)18-21(17(20)24)12-19-9-10-25-14(11-19)16(22)23-2/h4-8,14H,3,9-12H2,1-2H3/p+1/t14-/m1/s1. The van der Waals surface area contributed by atoms with Crippen LogP contribution in [0, 0.1) is 4.77 Å². The van der Waals surface area contributed by atoms with E-state index in [9.17, 15) is 4.79 Å². The zero-order valence-electron chi connectivity index (χ0n) is 14.5. The average Bonchev–Trinajstić information content (AvgIpc) is 2.97. The molecule has 1 aromatic heterocycles. The van der Waals surface area contributed by atoms with Gasteiger partial charge >= 0.3 is 5.97 Å². The van der Waals surface area contributed by atoms with Gasteiger partial charge in [-0.1, -0.05) is 30.3 Å². The number of nitrogens with one attached hydrogen (secondary N) is 1. The van der Waals surface area contributed by atoms with E-state index < -0.39 is 0 Å². The van der Waals surface area contributed by atoms with Gasteiger partial charge in [0.2, 0.25) is 4.77 Å². The van der Waals surface area contributed by atoms with Crippen LogP contribution in [0.3, 0.4) is 0 Å². The smallest absolute Gasteiger partial charge is 0.324 e. The fourth-order valence-electron chi connectivity index (χ4n) is 3.04. The van der Waals surface area contributed by atoms with Gasteiger partial charge in [0, 0.05) is 17.9 Å². The summed E-state index contributed by atoms with van der Waals surface area (Å²) in [6, 6.07) is 10.1. The predicted octanol–water partition coefficient (Wildman–Crippen LogP) is 1.23. The Kier molecular flexibility index (Phi) is 5.93. The quantitative estimate of drug-likeness (QED) is 0.626. The number of benzene rings is 1. The van der Waals surface area contributed by atoms with Crippen LogP contribution in [0.2, 0.25) is 0 Å². The molecule has 2 heterocycles. The molecule has 6 nitrogen and oxygen atoms in total. The number of hydrogen-bond donors (Lipinski definition) is 1. The number of thioether (sulfide) groups is 1. The number of esters is 1. The van der Waals surface area contributed by atoms with Crippen molar-refractivity contribution in [3.05, 3.63) is 35.1 Å². The van der Waals surface area contributed by atoms with E-state index in [-0.39, 0.29) is 11.2 Å². The molecule has 1 aromatic carbocycles. The molecule has 0 bridgehead atoms. The molecule has 1 N–H and O–H groups in total. The minimum atomic E-state index is -0.144. The summed E-state index contributed by atoms with van der Waals surface area (Å²) in [6.07, 6.45) is 0. The van der Waals surface area contributed by atoms with E-state index in [1.165, 1.54) is 12.0 Å². The van der Waals surface area contributed by atoms with Crippen molar-refractivity contribution in [3.8, 4) is 11.4 Å². The van der Waals surface area contributed by atoms with Gasteiger partial charge in [-0.25, -0.2) is 0 Å². The zero-order chi connectivity index (χ0) is 17.8. The van der Waals surface area contributed by atoms with Crippen LogP contribution >= 0.6 is 24.0 Å². The van der Waals surface area contributed by atoms with E-state index >= 15 is 0 Å². The molecule has 1 fully saturated rings. The van der Waals surface area contributed by atoms with Gasteiger partial charge in [-0.3, -0.25) is 4.79 Å². The highest BCUT2D eigenvalue weighted by atomic mass is 32.2. The monoisotopic (exact) mass is 379 g/mol. The maximum atomic E-state index is 11.8. The number of carbonyl (C=O) groups is 1. The molecule has 1 unspecified atom stereocenters. The van der Waals surface area contributed by atoms with Crippen LogP contribution in [0.4, 0.5) is 0 Å². The summed E-state index contributed by atoms with van der Waals surface area (Å²) in [6.45, 7) is 5.24. The maximum absolute atomic E-state index is 11.8. The summed E-state index contributed by atoms with van der Waals surface area (Å²) in [5.41, 5.74) is 1.06. The molecule has 134 valence electrons. The Labute approximate surface area is 156 Å². The van der Waals surface area contributed by atoms with E-state index in [1.54, 1.807) is 11.8 Å². The summed E-state index contributed by atoms with van der Waals surface area (Å²) in [5.74, 6) is 1.68. The molecule has 0 saturated carbocycles. The molecule has 2 atom stereocenters. The van der Waals surface area contributed by atoms with E-state index in [0.717, 1.165) is 41.5 Å². The molecule has 0 radical (unpaired) electrons. The van der Waals surface area contributed by atoms with Crippen LogP contribution in [0.1, 0.15) is 6.92 Å². The summed E-state index contributed by atoms with van der Waals surface area (Å²) in [4.78, 5) is 13.1. The van der Waals surface area contributed by atoms with Crippen molar-refractivity contribution in [1.29, 1.82) is 0 Å². The Hall–Kier alpha value is -1.64. The third-order valence-corrected chi connectivity index (χ3v) is 5.99. The van der Waals surface area contributed by atoms with Gasteiger partial charge in [0.25, 0.3) is 0 Å². The van der Waals surface area contributed by atoms with Crippen molar-refractivity contribution in [3.63, 3.8) is 0 Å². The van der Waals surface area contributed by atoms with Crippen molar-refractivity contribution >= 4 is 29.9 Å². The first-order valence-corrected chi connectivity index (χ1v) is 9.85. The second kappa shape index (κ2) is 8.16. The lowest BCUT2D eigenvalue weighted by molar-refractivity contribution is -0.921. The van der Waals surface area contributed by atoms with Gasteiger partial charge in [-0.15, -0.1) is 16.9 Å².